The topological polar surface area (TPSA) is 74.9 Å². The molecule has 0 spiro atoms. The fourth-order valence-electron chi connectivity index (χ4n) is 4.98. The number of aliphatic hydroxyl groups is 1. The Kier molecular flexibility index (Phi) is 6.65. The van der Waals surface area contributed by atoms with Crippen molar-refractivity contribution < 1.29 is 14.4 Å². The highest BCUT2D eigenvalue weighted by Gasteiger charge is 2.36. The molecule has 4 heterocycles. The molecular formula is C24H28Cl2N4O3. The Balaban J connectivity index is 1.30. The maximum Gasteiger partial charge on any atom is 0.263 e. The van der Waals surface area contributed by atoms with E-state index in [2.05, 4.69) is 19.9 Å². The zero-order valence-corrected chi connectivity index (χ0v) is 20.1. The van der Waals surface area contributed by atoms with Crippen LogP contribution < -0.4 is 9.64 Å². The van der Waals surface area contributed by atoms with E-state index in [0.29, 0.717) is 33.3 Å². The predicted octanol–water partition coefficient (Wildman–Crippen LogP) is 4.81. The number of ether oxygens (including phenoxy) is 1. The van der Waals surface area contributed by atoms with Gasteiger partial charge in [0.2, 0.25) is 0 Å². The molecule has 5 rings (SSSR count). The van der Waals surface area contributed by atoms with Crippen LogP contribution >= 0.6 is 23.2 Å². The van der Waals surface area contributed by atoms with E-state index in [1.807, 2.05) is 25.1 Å². The summed E-state index contributed by atoms with van der Waals surface area (Å²) in [5.74, 6) is 2.81. The van der Waals surface area contributed by atoms with Crippen molar-refractivity contribution in [3.05, 3.63) is 46.1 Å². The van der Waals surface area contributed by atoms with E-state index in [1.165, 1.54) is 12.8 Å². The molecule has 2 aromatic heterocycles. The van der Waals surface area contributed by atoms with Gasteiger partial charge in [0.05, 0.1) is 12.8 Å². The fraction of sp³-hybridized carbons (Fsp3) is 0.500. The zero-order chi connectivity index (χ0) is 22.9. The van der Waals surface area contributed by atoms with E-state index < -0.39 is 0 Å². The van der Waals surface area contributed by atoms with Crippen molar-refractivity contribution in [1.29, 1.82) is 0 Å². The first-order valence-electron chi connectivity index (χ1n) is 11.5. The number of nitrogens with zero attached hydrogens (tertiary/aromatic N) is 4. The van der Waals surface area contributed by atoms with Gasteiger partial charge in [0, 0.05) is 47.9 Å². The third-order valence-corrected chi connectivity index (χ3v) is 7.42. The third-order valence-electron chi connectivity index (χ3n) is 6.86. The van der Waals surface area contributed by atoms with E-state index in [0.717, 1.165) is 49.5 Å². The number of β-amino-alcohol motifs (C(OH)–C–C–N with tert-alkyl or cyclic N) is 1. The Hall–Kier alpha value is -2.06. The number of hydrogen-bond donors (Lipinski definition) is 1. The molecule has 0 saturated carbocycles. The van der Waals surface area contributed by atoms with Crippen LogP contribution in [0.2, 0.25) is 10.0 Å². The van der Waals surface area contributed by atoms with E-state index >= 15 is 0 Å². The highest BCUT2D eigenvalue weighted by molar-refractivity contribution is 6.35. The predicted molar refractivity (Wildman–Crippen MR) is 129 cm³/mol. The van der Waals surface area contributed by atoms with Gasteiger partial charge in [-0.1, -0.05) is 34.4 Å². The number of piperidine rings is 1. The number of rotatable bonds is 7. The summed E-state index contributed by atoms with van der Waals surface area (Å²) in [6.07, 6.45) is 3.80. The van der Waals surface area contributed by atoms with Gasteiger partial charge in [-0.15, -0.1) is 0 Å². The molecule has 2 aliphatic rings. The molecule has 0 aliphatic carbocycles. The van der Waals surface area contributed by atoms with Crippen LogP contribution in [0.15, 0.2) is 35.0 Å². The number of likely N-dealkylation sites (tertiary alicyclic amines) is 1. The SMILES string of the molecule is C[C@@H](Oc1cc(N2CC([C@H]3CCCN(CCO)C3)C2)nc2oncc12)c1ccc(Cl)cc1Cl. The van der Waals surface area contributed by atoms with Crippen LogP contribution in [0.3, 0.4) is 0 Å². The molecule has 3 aromatic rings. The Morgan fingerprint density at radius 1 is 1.21 bits per heavy atom. The van der Waals surface area contributed by atoms with Gasteiger partial charge in [0.25, 0.3) is 5.71 Å². The lowest BCUT2D eigenvalue weighted by molar-refractivity contribution is 0.101. The smallest absolute Gasteiger partial charge is 0.263 e. The van der Waals surface area contributed by atoms with Crippen molar-refractivity contribution in [2.24, 2.45) is 11.8 Å². The van der Waals surface area contributed by atoms with Crippen LogP contribution in [-0.2, 0) is 0 Å². The monoisotopic (exact) mass is 490 g/mol. The van der Waals surface area contributed by atoms with Gasteiger partial charge < -0.3 is 24.2 Å². The summed E-state index contributed by atoms with van der Waals surface area (Å²) in [5.41, 5.74) is 1.32. The summed E-state index contributed by atoms with van der Waals surface area (Å²) in [6, 6.07) is 7.38. The van der Waals surface area contributed by atoms with E-state index in [-0.39, 0.29) is 12.7 Å². The molecule has 7 nitrogen and oxygen atoms in total. The normalized spacial score (nSPS) is 20.7. The number of halogens is 2. The first-order valence-corrected chi connectivity index (χ1v) is 12.2. The van der Waals surface area contributed by atoms with Gasteiger partial charge in [0.15, 0.2) is 0 Å². The van der Waals surface area contributed by atoms with E-state index in [1.54, 1.807) is 12.3 Å². The van der Waals surface area contributed by atoms with Crippen molar-refractivity contribution in [1.82, 2.24) is 15.0 Å². The molecule has 2 fully saturated rings. The molecule has 9 heteroatoms. The Morgan fingerprint density at radius 3 is 2.85 bits per heavy atom. The summed E-state index contributed by atoms with van der Waals surface area (Å²) in [6.45, 7) is 7.04. The zero-order valence-electron chi connectivity index (χ0n) is 18.6. The Bertz CT molecular complexity index is 1120. The number of fused-ring (bicyclic) bond motifs is 1. The van der Waals surface area contributed by atoms with E-state index in [4.69, 9.17) is 32.5 Å². The second kappa shape index (κ2) is 9.66. The molecule has 2 atom stereocenters. The fourth-order valence-corrected chi connectivity index (χ4v) is 5.54. The highest BCUT2D eigenvalue weighted by Crippen LogP contribution is 2.38. The minimum absolute atomic E-state index is 0.229. The standard InChI is InChI=1S/C24H28Cl2N4O3/c1-15(19-5-4-18(25)9-21(19)26)32-22-10-23(28-24-20(22)11-27-33-24)30-13-17(14-30)16-3-2-6-29(12-16)7-8-31/h4-5,9-11,15-17,31H,2-3,6-8,12-14H2,1H3/t15-,16+/m1/s1. The van der Waals surface area contributed by atoms with Crippen molar-refractivity contribution in [3.63, 3.8) is 0 Å². The second-order valence-corrected chi connectivity index (χ2v) is 9.88. The number of pyridine rings is 1. The number of anilines is 1. The minimum atomic E-state index is -0.285. The molecule has 1 aromatic carbocycles. The molecule has 0 unspecified atom stereocenters. The average Bonchev–Trinajstić information content (AvgIpc) is 3.22. The molecule has 0 radical (unpaired) electrons. The quantitative estimate of drug-likeness (QED) is 0.509. The van der Waals surface area contributed by atoms with Crippen molar-refractivity contribution in [3.8, 4) is 5.75 Å². The van der Waals surface area contributed by atoms with Gasteiger partial charge in [-0.3, -0.25) is 0 Å². The molecule has 2 saturated heterocycles. The van der Waals surface area contributed by atoms with Crippen LogP contribution in [0, 0.1) is 11.8 Å². The maximum absolute atomic E-state index is 9.27. The molecule has 0 bridgehead atoms. The van der Waals surface area contributed by atoms with Gasteiger partial charge in [0.1, 0.15) is 23.1 Å². The van der Waals surface area contributed by atoms with Crippen molar-refractivity contribution >= 4 is 40.1 Å². The number of benzene rings is 1. The second-order valence-electron chi connectivity index (χ2n) is 9.04. The largest absolute Gasteiger partial charge is 0.485 e. The van der Waals surface area contributed by atoms with E-state index in [9.17, 15) is 5.11 Å². The number of aliphatic hydroxyl groups excluding tert-OH is 1. The summed E-state index contributed by atoms with van der Waals surface area (Å²) in [7, 11) is 0. The Labute approximate surface area is 203 Å². The van der Waals surface area contributed by atoms with Crippen LogP contribution in [0.4, 0.5) is 5.82 Å². The van der Waals surface area contributed by atoms with Gasteiger partial charge in [-0.05, 0) is 50.3 Å². The van der Waals surface area contributed by atoms with Crippen LogP contribution in [0.1, 0.15) is 31.4 Å². The number of aromatic nitrogens is 2. The molecule has 33 heavy (non-hydrogen) atoms. The van der Waals surface area contributed by atoms with Crippen molar-refractivity contribution in [2.45, 2.75) is 25.9 Å². The van der Waals surface area contributed by atoms with Crippen LogP contribution in [0.25, 0.3) is 11.1 Å². The summed E-state index contributed by atoms with van der Waals surface area (Å²) >= 11 is 12.4. The minimum Gasteiger partial charge on any atom is -0.485 e. The molecule has 2 aliphatic heterocycles. The Morgan fingerprint density at radius 2 is 2.06 bits per heavy atom. The summed E-state index contributed by atoms with van der Waals surface area (Å²) in [5, 5.41) is 15.1. The van der Waals surface area contributed by atoms with Gasteiger partial charge in [-0.2, -0.15) is 4.98 Å². The summed E-state index contributed by atoms with van der Waals surface area (Å²) in [4.78, 5) is 9.33. The lowest BCUT2D eigenvalue weighted by atomic mass is 9.80. The van der Waals surface area contributed by atoms with Gasteiger partial charge in [-0.25, -0.2) is 0 Å². The first-order chi connectivity index (χ1) is 16.0. The lowest BCUT2D eigenvalue weighted by Gasteiger charge is -2.47. The average molecular weight is 491 g/mol. The third kappa shape index (κ3) is 4.78. The lowest BCUT2D eigenvalue weighted by Crippen LogP contribution is -2.54. The highest BCUT2D eigenvalue weighted by atomic mass is 35.5. The first kappa shape index (κ1) is 22.7. The molecule has 176 valence electrons. The molecular weight excluding hydrogens is 463 g/mol. The summed E-state index contributed by atoms with van der Waals surface area (Å²) < 4.78 is 11.7. The molecule has 1 N–H and O–H groups in total. The van der Waals surface area contributed by atoms with Crippen LogP contribution in [-0.4, -0.2) is 59.5 Å². The van der Waals surface area contributed by atoms with Crippen molar-refractivity contribution in [2.75, 3.05) is 44.2 Å². The van der Waals surface area contributed by atoms with Gasteiger partial charge >= 0.3 is 0 Å². The number of hydrogen-bond acceptors (Lipinski definition) is 7. The molecule has 0 amide bonds. The van der Waals surface area contributed by atoms with Crippen LogP contribution in [0.5, 0.6) is 5.75 Å². The maximum atomic E-state index is 9.27.